The quantitative estimate of drug-likeness (QED) is 0.864. The smallest absolute Gasteiger partial charge is 0.152 e. The lowest BCUT2D eigenvalue weighted by atomic mass is 10.2. The molecule has 0 saturated carbocycles. The van der Waals surface area contributed by atoms with Crippen LogP contribution in [-0.2, 0) is 6.54 Å². The van der Waals surface area contributed by atoms with Gasteiger partial charge in [0.2, 0.25) is 0 Å². The van der Waals surface area contributed by atoms with Crippen molar-refractivity contribution >= 4 is 17.2 Å². The average Bonchev–Trinajstić information content (AvgIpc) is 2.70. The number of aliphatic hydroxyl groups excluding tert-OH is 1. The van der Waals surface area contributed by atoms with E-state index in [1.165, 1.54) is 25.7 Å². The predicted octanol–water partition coefficient (Wildman–Crippen LogP) is 2.69. The van der Waals surface area contributed by atoms with E-state index < -0.39 is 6.10 Å². The van der Waals surface area contributed by atoms with Crippen LogP contribution in [0.3, 0.4) is 0 Å². The fourth-order valence-corrected chi connectivity index (χ4v) is 3.42. The van der Waals surface area contributed by atoms with Crippen molar-refractivity contribution in [3.63, 3.8) is 0 Å². The van der Waals surface area contributed by atoms with Gasteiger partial charge in [-0.15, -0.1) is 0 Å². The third-order valence-corrected chi connectivity index (χ3v) is 4.52. The molecule has 1 aromatic carbocycles. The summed E-state index contributed by atoms with van der Waals surface area (Å²) in [6.45, 7) is 3.42. The molecule has 2 heterocycles. The highest BCUT2D eigenvalue weighted by atomic mass is 16.3. The number of β-amino-alcohol motifs (C(OH)–C–C–N with tert-alkyl or cyclic N) is 1. The van der Waals surface area contributed by atoms with Gasteiger partial charge in [-0.25, -0.2) is 0 Å². The lowest BCUT2D eigenvalue weighted by Gasteiger charge is -2.23. The van der Waals surface area contributed by atoms with Crippen molar-refractivity contribution < 1.29 is 9.90 Å². The molecule has 4 heteroatoms. The van der Waals surface area contributed by atoms with Crippen molar-refractivity contribution in [3.05, 3.63) is 36.0 Å². The predicted molar refractivity (Wildman–Crippen MR) is 88.2 cm³/mol. The van der Waals surface area contributed by atoms with Gasteiger partial charge in [-0.1, -0.05) is 31.0 Å². The first-order valence-electron chi connectivity index (χ1n) is 8.21. The molecule has 0 unspecified atom stereocenters. The van der Waals surface area contributed by atoms with E-state index in [4.69, 9.17) is 0 Å². The van der Waals surface area contributed by atoms with Crippen molar-refractivity contribution in [1.29, 1.82) is 0 Å². The van der Waals surface area contributed by atoms with Gasteiger partial charge in [0.1, 0.15) is 0 Å². The first kappa shape index (κ1) is 15.3. The minimum atomic E-state index is -0.409. The second-order valence-electron chi connectivity index (χ2n) is 6.24. The Morgan fingerprint density at radius 3 is 2.55 bits per heavy atom. The zero-order valence-corrected chi connectivity index (χ0v) is 12.9. The number of hydrogen-bond donors (Lipinski definition) is 1. The van der Waals surface area contributed by atoms with Crippen LogP contribution in [0.15, 0.2) is 30.5 Å². The van der Waals surface area contributed by atoms with Crippen LogP contribution in [0.25, 0.3) is 10.9 Å². The summed E-state index contributed by atoms with van der Waals surface area (Å²) in [4.78, 5) is 13.6. The van der Waals surface area contributed by atoms with Gasteiger partial charge in [-0.2, -0.15) is 0 Å². The van der Waals surface area contributed by atoms with Crippen LogP contribution in [-0.4, -0.2) is 46.6 Å². The van der Waals surface area contributed by atoms with Gasteiger partial charge in [-0.3, -0.25) is 4.79 Å². The maximum absolute atomic E-state index is 11.2. The summed E-state index contributed by atoms with van der Waals surface area (Å²) in [5.41, 5.74) is 1.71. The van der Waals surface area contributed by atoms with Crippen LogP contribution in [0.4, 0.5) is 0 Å². The van der Waals surface area contributed by atoms with Crippen molar-refractivity contribution in [2.45, 2.75) is 38.3 Å². The van der Waals surface area contributed by atoms with Gasteiger partial charge >= 0.3 is 0 Å². The van der Waals surface area contributed by atoms with Crippen molar-refractivity contribution in [3.8, 4) is 0 Å². The fourth-order valence-electron chi connectivity index (χ4n) is 3.42. The Morgan fingerprint density at radius 2 is 1.82 bits per heavy atom. The third-order valence-electron chi connectivity index (χ3n) is 4.52. The highest BCUT2D eigenvalue weighted by molar-refractivity contribution is 5.97. The lowest BCUT2D eigenvalue weighted by Crippen LogP contribution is -2.35. The molecule has 0 spiro atoms. The lowest BCUT2D eigenvalue weighted by molar-refractivity contribution is 0.100. The maximum Gasteiger partial charge on any atom is 0.152 e. The number of nitrogens with zero attached hydrogens (tertiary/aromatic N) is 2. The summed E-state index contributed by atoms with van der Waals surface area (Å²) in [6, 6.07) is 7.86. The first-order valence-corrected chi connectivity index (χ1v) is 8.21. The summed E-state index contributed by atoms with van der Waals surface area (Å²) in [5.74, 6) is 0. The van der Waals surface area contributed by atoms with E-state index in [1.54, 1.807) is 0 Å². The van der Waals surface area contributed by atoms with Crippen LogP contribution >= 0.6 is 0 Å². The Hall–Kier alpha value is -1.65. The number of likely N-dealkylation sites (tertiary alicyclic amines) is 1. The molecule has 1 aliphatic heterocycles. The van der Waals surface area contributed by atoms with Crippen LogP contribution in [0.5, 0.6) is 0 Å². The van der Waals surface area contributed by atoms with E-state index in [2.05, 4.69) is 4.90 Å². The average molecular weight is 300 g/mol. The van der Waals surface area contributed by atoms with Crippen molar-refractivity contribution in [2.75, 3.05) is 19.6 Å². The Labute approximate surface area is 131 Å². The minimum Gasteiger partial charge on any atom is -0.390 e. The van der Waals surface area contributed by atoms with E-state index >= 15 is 0 Å². The molecule has 3 rings (SSSR count). The van der Waals surface area contributed by atoms with Crippen LogP contribution in [0, 0.1) is 0 Å². The largest absolute Gasteiger partial charge is 0.390 e. The second kappa shape index (κ2) is 7.07. The number of rotatable bonds is 5. The molecule has 0 amide bonds. The van der Waals surface area contributed by atoms with Crippen LogP contribution in [0.2, 0.25) is 0 Å². The molecule has 118 valence electrons. The SMILES string of the molecule is O=Cc1cn(C[C@H](O)CN2CCCCCC2)c2ccccc12. The van der Waals surface area contributed by atoms with E-state index in [-0.39, 0.29) is 0 Å². The number of carbonyl (C=O) groups is 1. The van der Waals surface area contributed by atoms with E-state index in [1.807, 2.05) is 35.0 Å². The Balaban J connectivity index is 1.70. The van der Waals surface area contributed by atoms with Gasteiger partial charge in [0.05, 0.1) is 6.10 Å². The molecule has 1 saturated heterocycles. The third kappa shape index (κ3) is 3.39. The van der Waals surface area contributed by atoms with E-state index in [0.29, 0.717) is 18.7 Å². The maximum atomic E-state index is 11.2. The normalized spacial score (nSPS) is 18.2. The molecule has 0 bridgehead atoms. The summed E-state index contributed by atoms with van der Waals surface area (Å²) in [7, 11) is 0. The molecule has 1 aromatic heterocycles. The Kier molecular flexibility index (Phi) is 4.90. The van der Waals surface area contributed by atoms with Gasteiger partial charge in [0.15, 0.2) is 6.29 Å². The Morgan fingerprint density at radius 1 is 1.09 bits per heavy atom. The fraction of sp³-hybridized carbons (Fsp3) is 0.500. The molecule has 1 N–H and O–H groups in total. The van der Waals surface area contributed by atoms with Crippen LogP contribution in [0.1, 0.15) is 36.0 Å². The molecule has 1 fully saturated rings. The van der Waals surface area contributed by atoms with Crippen LogP contribution < -0.4 is 0 Å². The minimum absolute atomic E-state index is 0.409. The van der Waals surface area contributed by atoms with E-state index in [9.17, 15) is 9.90 Å². The summed E-state index contributed by atoms with van der Waals surface area (Å²) >= 11 is 0. The summed E-state index contributed by atoms with van der Waals surface area (Å²) in [6.07, 6.45) is 7.40. The first-order chi connectivity index (χ1) is 10.8. The molecule has 2 aromatic rings. The number of aldehydes is 1. The number of hydrogen-bond acceptors (Lipinski definition) is 3. The second-order valence-corrected chi connectivity index (χ2v) is 6.24. The monoisotopic (exact) mass is 300 g/mol. The van der Waals surface area contributed by atoms with Gasteiger partial charge < -0.3 is 14.6 Å². The highest BCUT2D eigenvalue weighted by Crippen LogP contribution is 2.20. The number of aliphatic hydroxyl groups is 1. The molecule has 0 aliphatic carbocycles. The number of fused-ring (bicyclic) bond motifs is 1. The molecule has 1 aliphatic rings. The molecule has 22 heavy (non-hydrogen) atoms. The molecule has 0 radical (unpaired) electrons. The van der Waals surface area contributed by atoms with Crippen molar-refractivity contribution in [1.82, 2.24) is 9.47 Å². The summed E-state index contributed by atoms with van der Waals surface area (Å²) in [5, 5.41) is 11.4. The molecular weight excluding hydrogens is 276 g/mol. The molecular formula is C18H24N2O2. The Bertz CT molecular complexity index is 627. The standard InChI is InChI=1S/C18H24N2O2/c21-14-15-11-20(18-8-4-3-7-17(15)18)13-16(22)12-19-9-5-1-2-6-10-19/h3-4,7-8,11,14,16,22H,1-2,5-6,9-10,12-13H2/t16-/m1/s1. The summed E-state index contributed by atoms with van der Waals surface area (Å²) < 4.78 is 2.00. The number of carbonyl (C=O) groups excluding carboxylic acids is 1. The molecule has 4 nitrogen and oxygen atoms in total. The zero-order chi connectivity index (χ0) is 15.4. The number of aromatic nitrogens is 1. The highest BCUT2D eigenvalue weighted by Gasteiger charge is 2.16. The zero-order valence-electron chi connectivity index (χ0n) is 12.9. The van der Waals surface area contributed by atoms with Gasteiger partial charge in [0.25, 0.3) is 0 Å². The van der Waals surface area contributed by atoms with Gasteiger partial charge in [0, 0.05) is 35.8 Å². The van der Waals surface area contributed by atoms with E-state index in [0.717, 1.165) is 30.3 Å². The van der Waals surface area contributed by atoms with Gasteiger partial charge in [-0.05, 0) is 32.0 Å². The number of benzene rings is 1. The molecule has 1 atom stereocenters. The number of para-hydroxylation sites is 1. The van der Waals surface area contributed by atoms with Crippen molar-refractivity contribution in [2.24, 2.45) is 0 Å². The topological polar surface area (TPSA) is 45.5 Å².